The van der Waals surface area contributed by atoms with Gasteiger partial charge in [-0.15, -0.1) is 0 Å². The van der Waals surface area contributed by atoms with Crippen molar-refractivity contribution >= 4 is 18.0 Å². The molecule has 0 bridgehead atoms. The monoisotopic (exact) mass is 353 g/mol. The fraction of sp³-hybridized carbons (Fsp3) is 0.200. The number of nitrogens with one attached hydrogen (secondary N) is 1. The summed E-state index contributed by atoms with van der Waals surface area (Å²) in [6.45, 7) is 2.14. The Morgan fingerprint density at radius 2 is 1.96 bits per heavy atom. The Kier molecular flexibility index (Phi) is 5.53. The quantitative estimate of drug-likeness (QED) is 0.638. The zero-order chi connectivity index (χ0) is 18.4. The molecule has 0 aliphatic carbocycles. The minimum Gasteiger partial charge on any atom is -0.454 e. The lowest BCUT2D eigenvalue weighted by atomic mass is 10.1. The normalized spacial score (nSPS) is 12.2. The number of carbonyl (C=O) groups excluding carboxylic acids is 2. The molecule has 0 saturated heterocycles. The van der Waals surface area contributed by atoms with Gasteiger partial charge in [0.05, 0.1) is 0 Å². The Hall–Kier alpha value is -3.28. The molecule has 134 valence electrons. The molecule has 0 saturated carbocycles. The Morgan fingerprint density at radius 1 is 1.15 bits per heavy atom. The van der Waals surface area contributed by atoms with E-state index in [1.807, 2.05) is 37.3 Å². The fourth-order valence-electron chi connectivity index (χ4n) is 2.42. The van der Waals surface area contributed by atoms with Crippen LogP contribution in [0.4, 0.5) is 0 Å². The SMILES string of the molecule is Cc1ccccc1/C=C/C(=O)OCC(=O)NCc1ccc2c(c1)OCO2. The van der Waals surface area contributed by atoms with Crippen LogP contribution in [0, 0.1) is 6.92 Å². The Labute approximate surface area is 151 Å². The highest BCUT2D eigenvalue weighted by molar-refractivity contribution is 5.89. The van der Waals surface area contributed by atoms with Gasteiger partial charge in [0.1, 0.15) is 0 Å². The van der Waals surface area contributed by atoms with Crippen LogP contribution in [0.25, 0.3) is 6.08 Å². The lowest BCUT2D eigenvalue weighted by Gasteiger charge is -2.06. The fourth-order valence-corrected chi connectivity index (χ4v) is 2.42. The summed E-state index contributed by atoms with van der Waals surface area (Å²) < 4.78 is 15.5. The molecule has 1 heterocycles. The number of aryl methyl sites for hydroxylation is 1. The Bertz CT molecular complexity index is 844. The minimum atomic E-state index is -0.563. The summed E-state index contributed by atoms with van der Waals surface area (Å²) in [6.07, 6.45) is 2.98. The number of benzene rings is 2. The highest BCUT2D eigenvalue weighted by Crippen LogP contribution is 2.32. The number of carbonyl (C=O) groups is 2. The maximum atomic E-state index is 11.8. The van der Waals surface area contributed by atoms with Gasteiger partial charge in [-0.05, 0) is 41.8 Å². The lowest BCUT2D eigenvalue weighted by Crippen LogP contribution is -2.28. The van der Waals surface area contributed by atoms with Crippen molar-refractivity contribution in [2.75, 3.05) is 13.4 Å². The highest BCUT2D eigenvalue weighted by atomic mass is 16.7. The number of rotatable bonds is 6. The van der Waals surface area contributed by atoms with Crippen LogP contribution >= 0.6 is 0 Å². The molecule has 1 aliphatic rings. The van der Waals surface area contributed by atoms with Crippen LogP contribution in [0.15, 0.2) is 48.5 Å². The zero-order valence-electron chi connectivity index (χ0n) is 14.4. The molecule has 0 atom stereocenters. The van der Waals surface area contributed by atoms with Gasteiger partial charge in [-0.1, -0.05) is 30.3 Å². The average Bonchev–Trinajstić information content (AvgIpc) is 3.12. The standard InChI is InChI=1S/C20H19NO5/c1-14-4-2-3-5-16(14)7-9-20(23)24-12-19(22)21-11-15-6-8-17-18(10-15)26-13-25-17/h2-10H,11-13H2,1H3,(H,21,22)/b9-7+. The first-order valence-corrected chi connectivity index (χ1v) is 8.17. The minimum absolute atomic E-state index is 0.205. The molecule has 1 aliphatic heterocycles. The second kappa shape index (κ2) is 8.20. The van der Waals surface area contributed by atoms with Gasteiger partial charge in [-0.25, -0.2) is 4.79 Å². The van der Waals surface area contributed by atoms with Crippen molar-refractivity contribution in [3.8, 4) is 11.5 Å². The lowest BCUT2D eigenvalue weighted by molar-refractivity contribution is -0.143. The smallest absolute Gasteiger partial charge is 0.331 e. The van der Waals surface area contributed by atoms with Crippen LogP contribution in [0.5, 0.6) is 11.5 Å². The summed E-state index contributed by atoms with van der Waals surface area (Å²) in [4.78, 5) is 23.5. The van der Waals surface area contributed by atoms with Crippen molar-refractivity contribution in [2.24, 2.45) is 0 Å². The third-order valence-corrected chi connectivity index (χ3v) is 3.86. The van der Waals surface area contributed by atoms with Gasteiger partial charge in [0.2, 0.25) is 6.79 Å². The molecule has 1 N–H and O–H groups in total. The second-order valence-corrected chi connectivity index (χ2v) is 5.76. The van der Waals surface area contributed by atoms with E-state index < -0.39 is 5.97 Å². The average molecular weight is 353 g/mol. The number of fused-ring (bicyclic) bond motifs is 1. The van der Waals surface area contributed by atoms with Crippen LogP contribution in [0.2, 0.25) is 0 Å². The molecule has 6 heteroatoms. The van der Waals surface area contributed by atoms with Crippen molar-refractivity contribution in [2.45, 2.75) is 13.5 Å². The number of hydrogen-bond donors (Lipinski definition) is 1. The molecule has 6 nitrogen and oxygen atoms in total. The highest BCUT2D eigenvalue weighted by Gasteiger charge is 2.13. The van der Waals surface area contributed by atoms with E-state index in [1.54, 1.807) is 18.2 Å². The maximum Gasteiger partial charge on any atom is 0.331 e. The van der Waals surface area contributed by atoms with Crippen molar-refractivity contribution in [3.63, 3.8) is 0 Å². The first-order valence-electron chi connectivity index (χ1n) is 8.17. The van der Waals surface area contributed by atoms with E-state index in [4.69, 9.17) is 14.2 Å². The predicted octanol–water partition coefficient (Wildman–Crippen LogP) is 2.60. The largest absolute Gasteiger partial charge is 0.454 e. The topological polar surface area (TPSA) is 73.9 Å². The van der Waals surface area contributed by atoms with Gasteiger partial charge in [0.15, 0.2) is 18.1 Å². The van der Waals surface area contributed by atoms with Crippen molar-refractivity contribution < 1.29 is 23.8 Å². The molecule has 0 spiro atoms. The molecule has 1 amide bonds. The first kappa shape index (κ1) is 17.5. The molecule has 3 rings (SSSR count). The van der Waals surface area contributed by atoms with Gasteiger partial charge in [0, 0.05) is 12.6 Å². The van der Waals surface area contributed by atoms with E-state index in [1.165, 1.54) is 6.08 Å². The van der Waals surface area contributed by atoms with Gasteiger partial charge in [-0.3, -0.25) is 4.79 Å². The maximum absolute atomic E-state index is 11.8. The van der Waals surface area contributed by atoms with Crippen LogP contribution in [-0.2, 0) is 20.9 Å². The van der Waals surface area contributed by atoms with Gasteiger partial charge >= 0.3 is 5.97 Å². The van der Waals surface area contributed by atoms with E-state index in [0.717, 1.165) is 16.7 Å². The first-order chi connectivity index (χ1) is 12.6. The third-order valence-electron chi connectivity index (χ3n) is 3.86. The Balaban J connectivity index is 1.42. The van der Waals surface area contributed by atoms with Crippen LogP contribution in [0.1, 0.15) is 16.7 Å². The molecule has 0 radical (unpaired) electrons. The van der Waals surface area contributed by atoms with Gasteiger partial charge in [0.25, 0.3) is 5.91 Å². The Morgan fingerprint density at radius 3 is 2.81 bits per heavy atom. The van der Waals surface area contributed by atoms with E-state index in [-0.39, 0.29) is 19.3 Å². The third kappa shape index (κ3) is 4.63. The number of ether oxygens (including phenoxy) is 3. The molecule has 2 aromatic carbocycles. The van der Waals surface area contributed by atoms with Gasteiger partial charge in [-0.2, -0.15) is 0 Å². The van der Waals surface area contributed by atoms with Crippen molar-refractivity contribution in [3.05, 3.63) is 65.2 Å². The summed E-state index contributed by atoms with van der Waals surface area (Å²) in [5.41, 5.74) is 2.85. The number of esters is 1. The summed E-state index contributed by atoms with van der Waals surface area (Å²) in [7, 11) is 0. The van der Waals surface area contributed by atoms with E-state index in [2.05, 4.69) is 5.32 Å². The summed E-state index contributed by atoms with van der Waals surface area (Å²) in [5, 5.41) is 2.69. The molecular weight excluding hydrogens is 334 g/mol. The zero-order valence-corrected chi connectivity index (χ0v) is 14.4. The molecule has 2 aromatic rings. The molecule has 0 unspecified atom stereocenters. The van der Waals surface area contributed by atoms with Crippen LogP contribution in [-0.4, -0.2) is 25.3 Å². The number of hydrogen-bond acceptors (Lipinski definition) is 5. The number of amides is 1. The second-order valence-electron chi connectivity index (χ2n) is 5.76. The molecule has 0 fully saturated rings. The van der Waals surface area contributed by atoms with Crippen molar-refractivity contribution in [1.82, 2.24) is 5.32 Å². The molecule has 26 heavy (non-hydrogen) atoms. The summed E-state index contributed by atoms with van der Waals surface area (Å²) in [6, 6.07) is 13.1. The van der Waals surface area contributed by atoms with E-state index >= 15 is 0 Å². The van der Waals surface area contributed by atoms with Crippen LogP contribution in [0.3, 0.4) is 0 Å². The van der Waals surface area contributed by atoms with Crippen LogP contribution < -0.4 is 14.8 Å². The van der Waals surface area contributed by atoms with Crippen molar-refractivity contribution in [1.29, 1.82) is 0 Å². The predicted molar refractivity (Wildman–Crippen MR) is 95.6 cm³/mol. The van der Waals surface area contributed by atoms with E-state index in [9.17, 15) is 9.59 Å². The van der Waals surface area contributed by atoms with Gasteiger partial charge < -0.3 is 19.5 Å². The summed E-state index contributed by atoms with van der Waals surface area (Å²) in [5.74, 6) is 0.408. The molecular formula is C20H19NO5. The summed E-state index contributed by atoms with van der Waals surface area (Å²) >= 11 is 0. The molecule has 0 aromatic heterocycles. The van der Waals surface area contributed by atoms with E-state index in [0.29, 0.717) is 18.0 Å².